The molecule has 9 heteroatoms. The maximum atomic E-state index is 13.5. The van der Waals surface area contributed by atoms with Crippen LogP contribution >= 0.6 is 11.8 Å². The maximum absolute atomic E-state index is 13.5. The van der Waals surface area contributed by atoms with E-state index < -0.39 is 0 Å². The van der Waals surface area contributed by atoms with Crippen LogP contribution in [0.2, 0.25) is 0 Å². The number of fused-ring (bicyclic) bond motifs is 2. The van der Waals surface area contributed by atoms with Gasteiger partial charge in [-0.25, -0.2) is 9.50 Å². The Morgan fingerprint density at radius 2 is 1.80 bits per heavy atom. The summed E-state index contributed by atoms with van der Waals surface area (Å²) in [5.41, 5.74) is 5.12. The first kappa shape index (κ1) is 23.2. The molecule has 5 rings (SSSR count). The van der Waals surface area contributed by atoms with Crippen molar-refractivity contribution in [1.82, 2.24) is 24.5 Å². The van der Waals surface area contributed by atoms with Crippen molar-refractivity contribution in [2.45, 2.75) is 31.5 Å². The van der Waals surface area contributed by atoms with Crippen LogP contribution in [0.15, 0.2) is 53.7 Å². The minimum atomic E-state index is -0.214. The molecule has 3 heterocycles. The standard InChI is InChI=1S/C26H27N5O3S/c1-16-12-17(2)31-25(27-16)28-26(29-31)35-15-23(32)30-11-10-19-13-21(33-3)22(34-4)14-20(19)24(30)18-8-6-5-7-9-18/h5-9,12-14,24H,10-11,15H2,1-4H3/t24-/m1/s1. The summed E-state index contributed by atoms with van der Waals surface area (Å²) < 4.78 is 12.8. The van der Waals surface area contributed by atoms with Crippen LogP contribution < -0.4 is 9.47 Å². The fraction of sp³-hybridized carbons (Fsp3) is 0.308. The molecule has 0 fully saturated rings. The first-order chi connectivity index (χ1) is 17.0. The van der Waals surface area contributed by atoms with E-state index in [4.69, 9.17) is 9.47 Å². The lowest BCUT2D eigenvalue weighted by Crippen LogP contribution is -2.41. The number of aromatic nitrogens is 4. The lowest BCUT2D eigenvalue weighted by Gasteiger charge is -2.38. The van der Waals surface area contributed by atoms with Gasteiger partial charge in [0.05, 0.1) is 26.0 Å². The number of amides is 1. The van der Waals surface area contributed by atoms with Crippen LogP contribution in [-0.4, -0.2) is 56.9 Å². The summed E-state index contributed by atoms with van der Waals surface area (Å²) in [5, 5.41) is 5.07. The van der Waals surface area contributed by atoms with Gasteiger partial charge in [0, 0.05) is 17.9 Å². The average molecular weight is 490 g/mol. The molecule has 2 aromatic heterocycles. The Kier molecular flexibility index (Phi) is 6.34. The van der Waals surface area contributed by atoms with Gasteiger partial charge in [-0.3, -0.25) is 4.79 Å². The number of carbonyl (C=O) groups excluding carboxylic acids is 1. The third kappa shape index (κ3) is 4.43. The molecule has 2 aromatic carbocycles. The van der Waals surface area contributed by atoms with Gasteiger partial charge < -0.3 is 14.4 Å². The summed E-state index contributed by atoms with van der Waals surface area (Å²) >= 11 is 1.34. The Hall–Kier alpha value is -3.59. The number of methoxy groups -OCH3 is 2. The largest absolute Gasteiger partial charge is 0.493 e. The molecular formula is C26H27N5O3S. The van der Waals surface area contributed by atoms with Crippen LogP contribution in [0.3, 0.4) is 0 Å². The van der Waals surface area contributed by atoms with Crippen molar-refractivity contribution in [2.24, 2.45) is 0 Å². The minimum Gasteiger partial charge on any atom is -0.493 e. The molecule has 0 spiro atoms. The van der Waals surface area contributed by atoms with Crippen molar-refractivity contribution in [3.63, 3.8) is 0 Å². The second kappa shape index (κ2) is 9.58. The van der Waals surface area contributed by atoms with Crippen molar-refractivity contribution in [2.75, 3.05) is 26.5 Å². The van der Waals surface area contributed by atoms with Crippen molar-refractivity contribution in [3.05, 3.63) is 76.6 Å². The van der Waals surface area contributed by atoms with E-state index in [-0.39, 0.29) is 17.7 Å². The zero-order valence-corrected chi connectivity index (χ0v) is 21.0. The summed E-state index contributed by atoms with van der Waals surface area (Å²) in [4.78, 5) is 24.4. The van der Waals surface area contributed by atoms with Gasteiger partial charge in [0.2, 0.25) is 11.1 Å². The van der Waals surface area contributed by atoms with Crippen LogP contribution in [0, 0.1) is 13.8 Å². The third-order valence-electron chi connectivity index (χ3n) is 6.23. The normalized spacial score (nSPS) is 15.2. The molecular weight excluding hydrogens is 462 g/mol. The van der Waals surface area contributed by atoms with Gasteiger partial charge in [0.25, 0.3) is 5.78 Å². The number of benzene rings is 2. The number of hydrogen-bond acceptors (Lipinski definition) is 7. The van der Waals surface area contributed by atoms with Gasteiger partial charge in [-0.15, -0.1) is 5.10 Å². The molecule has 4 aromatic rings. The Morgan fingerprint density at radius 3 is 2.54 bits per heavy atom. The van der Waals surface area contributed by atoms with Gasteiger partial charge in [0.1, 0.15) is 0 Å². The Morgan fingerprint density at radius 1 is 1.06 bits per heavy atom. The number of aryl methyl sites for hydroxylation is 2. The summed E-state index contributed by atoms with van der Waals surface area (Å²) in [6.45, 7) is 4.51. The molecule has 1 amide bonds. The van der Waals surface area contributed by atoms with Gasteiger partial charge in [-0.05, 0) is 55.2 Å². The molecule has 0 saturated heterocycles. The van der Waals surface area contributed by atoms with E-state index in [1.807, 2.05) is 55.1 Å². The number of thioether (sulfide) groups is 1. The van der Waals surface area contributed by atoms with E-state index in [0.717, 1.165) is 34.5 Å². The SMILES string of the molecule is COc1cc2c(cc1OC)[C@@H](c1ccccc1)N(C(=O)CSc1nc3nc(C)cc(C)n3n1)CC2. The molecule has 0 unspecified atom stereocenters. The van der Waals surface area contributed by atoms with Gasteiger partial charge in [-0.1, -0.05) is 42.1 Å². The number of hydrogen-bond donors (Lipinski definition) is 0. The highest BCUT2D eigenvalue weighted by molar-refractivity contribution is 7.99. The van der Waals surface area contributed by atoms with Crippen molar-refractivity contribution < 1.29 is 14.3 Å². The molecule has 0 bridgehead atoms. The summed E-state index contributed by atoms with van der Waals surface area (Å²) in [6.07, 6.45) is 0.741. The zero-order valence-electron chi connectivity index (χ0n) is 20.2. The van der Waals surface area contributed by atoms with E-state index in [2.05, 4.69) is 27.2 Å². The molecule has 1 aliphatic rings. The molecule has 1 aliphatic heterocycles. The predicted molar refractivity (Wildman–Crippen MR) is 134 cm³/mol. The lowest BCUT2D eigenvalue weighted by atomic mass is 9.87. The Balaban J connectivity index is 1.44. The van der Waals surface area contributed by atoms with E-state index in [1.165, 1.54) is 11.8 Å². The fourth-order valence-electron chi connectivity index (χ4n) is 4.63. The highest BCUT2D eigenvalue weighted by atomic mass is 32.2. The number of nitrogens with zero attached hydrogens (tertiary/aromatic N) is 5. The van der Waals surface area contributed by atoms with E-state index in [1.54, 1.807) is 18.7 Å². The predicted octanol–water partition coefficient (Wildman–Crippen LogP) is 4.02. The van der Waals surface area contributed by atoms with Crippen LogP contribution in [0.1, 0.15) is 34.1 Å². The molecule has 0 N–H and O–H groups in total. The van der Waals surface area contributed by atoms with Crippen molar-refractivity contribution >= 4 is 23.4 Å². The number of rotatable bonds is 6. The lowest BCUT2D eigenvalue weighted by molar-refractivity contribution is -0.130. The molecule has 8 nitrogen and oxygen atoms in total. The molecule has 35 heavy (non-hydrogen) atoms. The molecule has 1 atom stereocenters. The topological polar surface area (TPSA) is 81.9 Å². The van der Waals surface area contributed by atoms with E-state index >= 15 is 0 Å². The monoisotopic (exact) mass is 489 g/mol. The third-order valence-corrected chi connectivity index (χ3v) is 7.06. The average Bonchev–Trinajstić information content (AvgIpc) is 3.29. The van der Waals surface area contributed by atoms with Crippen LogP contribution in [0.4, 0.5) is 0 Å². The molecule has 0 aliphatic carbocycles. The van der Waals surface area contributed by atoms with E-state index in [0.29, 0.717) is 29.0 Å². The molecule has 0 radical (unpaired) electrons. The van der Waals surface area contributed by atoms with Gasteiger partial charge >= 0.3 is 0 Å². The second-order valence-corrected chi connectivity index (χ2v) is 9.43. The quantitative estimate of drug-likeness (QED) is 0.378. The summed E-state index contributed by atoms with van der Waals surface area (Å²) in [5.74, 6) is 2.17. The molecule has 0 saturated carbocycles. The minimum absolute atomic E-state index is 0.0315. The van der Waals surface area contributed by atoms with Gasteiger partial charge in [0.15, 0.2) is 11.5 Å². The second-order valence-electron chi connectivity index (χ2n) is 8.49. The zero-order chi connectivity index (χ0) is 24.5. The fourth-order valence-corrected chi connectivity index (χ4v) is 5.33. The highest BCUT2D eigenvalue weighted by Crippen LogP contribution is 2.41. The number of ether oxygens (including phenoxy) is 2. The van der Waals surface area contributed by atoms with Crippen LogP contribution in [0.5, 0.6) is 11.5 Å². The van der Waals surface area contributed by atoms with Crippen LogP contribution in [-0.2, 0) is 11.2 Å². The highest BCUT2D eigenvalue weighted by Gasteiger charge is 2.33. The smallest absolute Gasteiger partial charge is 0.253 e. The summed E-state index contributed by atoms with van der Waals surface area (Å²) in [6, 6.07) is 15.9. The first-order valence-electron chi connectivity index (χ1n) is 11.4. The maximum Gasteiger partial charge on any atom is 0.253 e. The summed E-state index contributed by atoms with van der Waals surface area (Å²) in [7, 11) is 3.27. The van der Waals surface area contributed by atoms with Crippen molar-refractivity contribution in [1.29, 1.82) is 0 Å². The number of carbonyl (C=O) groups is 1. The Bertz CT molecular complexity index is 1390. The van der Waals surface area contributed by atoms with Gasteiger partial charge in [-0.2, -0.15) is 4.98 Å². The van der Waals surface area contributed by atoms with Crippen molar-refractivity contribution in [3.8, 4) is 11.5 Å². The Labute approximate surface area is 208 Å². The molecule has 180 valence electrons. The van der Waals surface area contributed by atoms with Crippen LogP contribution in [0.25, 0.3) is 5.78 Å². The van der Waals surface area contributed by atoms with E-state index in [9.17, 15) is 4.79 Å². The first-order valence-corrected chi connectivity index (χ1v) is 12.4.